The molecule has 10 aromatic carbocycles. The van der Waals surface area contributed by atoms with Crippen molar-refractivity contribution in [1.82, 2.24) is 4.57 Å². The minimum atomic E-state index is -0.170. The van der Waals surface area contributed by atoms with Gasteiger partial charge in [-0.3, -0.25) is 4.99 Å². The van der Waals surface area contributed by atoms with Crippen molar-refractivity contribution in [3.63, 3.8) is 0 Å². The maximum atomic E-state index is 6.87. The first-order valence-electron chi connectivity index (χ1n) is 22.5. The monoisotopic (exact) mass is 849 g/mol. The first kappa shape index (κ1) is 36.6. The fourth-order valence-corrected chi connectivity index (χ4v) is 12.1. The molecule has 4 nitrogen and oxygen atoms in total. The Hall–Kier alpha value is -7.86. The SMILES string of the molecule is CCC1C(c2cccc3ccccc23)=NC(c2cc(-n3c4cc5ccccc5cc4c4c5ccccc5ccc43)c3c(c2)oc2ccccc23)=NC1c1ccc2c(c1)sc1ccccc12. The summed E-state index contributed by atoms with van der Waals surface area (Å²) in [6, 6.07) is 70.5. The van der Waals surface area contributed by atoms with Crippen molar-refractivity contribution in [3.05, 3.63) is 211 Å². The molecule has 0 spiro atoms. The van der Waals surface area contributed by atoms with Crippen molar-refractivity contribution >= 4 is 119 Å². The first-order valence-corrected chi connectivity index (χ1v) is 23.3. The number of fused-ring (bicyclic) bond motifs is 13. The molecule has 1 aliphatic heterocycles. The van der Waals surface area contributed by atoms with E-state index < -0.39 is 0 Å². The van der Waals surface area contributed by atoms with Gasteiger partial charge in [-0.05, 0) is 92.8 Å². The van der Waals surface area contributed by atoms with E-state index in [-0.39, 0.29) is 12.0 Å². The van der Waals surface area contributed by atoms with Crippen molar-refractivity contribution in [1.29, 1.82) is 0 Å². The summed E-state index contributed by atoms with van der Waals surface area (Å²) in [5.74, 6) is 0.754. The number of furan rings is 1. The Balaban J connectivity index is 1.08. The number of amidine groups is 1. The van der Waals surface area contributed by atoms with Gasteiger partial charge >= 0.3 is 0 Å². The quantitative estimate of drug-likeness (QED) is 0.170. The number of benzene rings is 10. The van der Waals surface area contributed by atoms with Gasteiger partial charge < -0.3 is 8.98 Å². The van der Waals surface area contributed by atoms with Crippen molar-refractivity contribution in [2.24, 2.45) is 15.9 Å². The van der Waals surface area contributed by atoms with E-state index in [9.17, 15) is 0 Å². The normalized spacial score (nSPS) is 15.7. The zero-order valence-corrected chi connectivity index (χ0v) is 36.3. The fourth-order valence-electron chi connectivity index (χ4n) is 11.0. The summed E-state index contributed by atoms with van der Waals surface area (Å²) >= 11 is 1.86. The maximum Gasteiger partial charge on any atom is 0.155 e. The van der Waals surface area contributed by atoms with Crippen molar-refractivity contribution in [2.75, 3.05) is 0 Å². The Morgan fingerprint density at radius 3 is 2.05 bits per heavy atom. The van der Waals surface area contributed by atoms with E-state index >= 15 is 0 Å². The average Bonchev–Trinajstić information content (AvgIpc) is 4.04. The smallest absolute Gasteiger partial charge is 0.155 e. The molecule has 2 unspecified atom stereocenters. The topological polar surface area (TPSA) is 42.8 Å². The number of hydrogen-bond acceptors (Lipinski definition) is 4. The highest BCUT2D eigenvalue weighted by atomic mass is 32.1. The molecule has 65 heavy (non-hydrogen) atoms. The summed E-state index contributed by atoms with van der Waals surface area (Å²) in [6.45, 7) is 2.28. The molecule has 14 rings (SSSR count). The Labute approximate surface area is 378 Å². The molecule has 0 aliphatic carbocycles. The molecule has 0 saturated carbocycles. The van der Waals surface area contributed by atoms with E-state index in [1.165, 1.54) is 68.8 Å². The Morgan fingerprint density at radius 2 is 1.20 bits per heavy atom. The summed E-state index contributed by atoms with van der Waals surface area (Å²) in [5, 5.41) is 14.5. The van der Waals surface area contributed by atoms with Gasteiger partial charge in [0.1, 0.15) is 11.2 Å². The number of para-hydroxylation sites is 1. The summed E-state index contributed by atoms with van der Waals surface area (Å²) < 4.78 is 11.9. The molecule has 0 saturated heterocycles. The molecule has 2 atom stereocenters. The predicted molar refractivity (Wildman–Crippen MR) is 276 cm³/mol. The summed E-state index contributed by atoms with van der Waals surface area (Å²) in [7, 11) is 0. The molecule has 0 N–H and O–H groups in total. The number of nitrogens with zero attached hydrogens (tertiary/aromatic N) is 3. The van der Waals surface area contributed by atoms with Crippen LogP contribution in [0.25, 0.3) is 102 Å². The van der Waals surface area contributed by atoms with Gasteiger partial charge in [0.15, 0.2) is 5.84 Å². The zero-order valence-electron chi connectivity index (χ0n) is 35.5. The third-order valence-electron chi connectivity index (χ3n) is 13.9. The van der Waals surface area contributed by atoms with Crippen LogP contribution in [0.5, 0.6) is 0 Å². The molecule has 3 aromatic heterocycles. The largest absolute Gasteiger partial charge is 0.456 e. The van der Waals surface area contributed by atoms with E-state index in [0.29, 0.717) is 5.84 Å². The van der Waals surface area contributed by atoms with Gasteiger partial charge in [-0.15, -0.1) is 11.3 Å². The van der Waals surface area contributed by atoms with Crippen LogP contribution in [0.3, 0.4) is 0 Å². The second-order valence-corrected chi connectivity index (χ2v) is 18.6. The Kier molecular flexibility index (Phi) is 7.92. The Morgan fingerprint density at radius 1 is 0.508 bits per heavy atom. The maximum absolute atomic E-state index is 6.87. The van der Waals surface area contributed by atoms with Crippen molar-refractivity contribution in [3.8, 4) is 5.69 Å². The van der Waals surface area contributed by atoms with Gasteiger partial charge in [0.2, 0.25) is 0 Å². The van der Waals surface area contributed by atoms with Crippen molar-refractivity contribution < 1.29 is 4.42 Å². The van der Waals surface area contributed by atoms with Crippen LogP contribution in [0.2, 0.25) is 0 Å². The molecule has 5 heteroatoms. The van der Waals surface area contributed by atoms with Crippen molar-refractivity contribution in [2.45, 2.75) is 19.4 Å². The summed E-state index contributed by atoms with van der Waals surface area (Å²) in [6.07, 6.45) is 0.880. The molecule has 1 aliphatic rings. The van der Waals surface area contributed by atoms with E-state index in [0.717, 1.165) is 61.9 Å². The third kappa shape index (κ3) is 5.49. The lowest BCUT2D eigenvalue weighted by atomic mass is 9.82. The van der Waals surface area contributed by atoms with E-state index in [1.807, 2.05) is 11.3 Å². The minimum Gasteiger partial charge on any atom is -0.456 e. The molecule has 0 amide bonds. The molecule has 306 valence electrons. The fraction of sp³-hybridized carbons (Fsp3) is 0.0667. The standard InChI is InChI=1S/C60H39N3OS/c1-2-41-58(39-26-28-45-44-21-10-12-25-54(44)65-55(45)34-39)61-60(62-59(41)46-23-13-18-35-14-5-7-19-42(35)46)40-32-51(57-47-22-9-11-24-52(47)64-53(57)33-40)63-49-29-27-36-15-6-8-20-43(36)56(49)48-30-37-16-3-4-17-38(37)31-50(48)63/h3-34,41,58H,2H2,1H3. The van der Waals surface area contributed by atoms with E-state index in [2.05, 4.69) is 206 Å². The number of aromatic nitrogens is 1. The van der Waals surface area contributed by atoms with Crippen LogP contribution in [0.1, 0.15) is 36.1 Å². The van der Waals surface area contributed by atoms with Crippen LogP contribution < -0.4 is 0 Å². The number of thiophene rings is 1. The molecular weight excluding hydrogens is 811 g/mol. The Bertz CT molecular complexity index is 4200. The van der Waals surface area contributed by atoms with Gasteiger partial charge in [-0.2, -0.15) is 0 Å². The first-order chi connectivity index (χ1) is 32.2. The van der Waals surface area contributed by atoms with Gasteiger partial charge in [0.05, 0.1) is 33.9 Å². The van der Waals surface area contributed by atoms with Gasteiger partial charge in [-0.25, -0.2) is 4.99 Å². The number of hydrogen-bond donors (Lipinski definition) is 0. The molecule has 0 radical (unpaired) electrons. The lowest BCUT2D eigenvalue weighted by molar-refractivity contribution is 0.533. The lowest BCUT2D eigenvalue weighted by Crippen LogP contribution is -2.28. The number of aliphatic imine (C=N–C) groups is 2. The highest BCUT2D eigenvalue weighted by molar-refractivity contribution is 7.25. The molecular formula is C60H39N3OS. The second kappa shape index (κ2) is 14.1. The van der Waals surface area contributed by atoms with Crippen LogP contribution >= 0.6 is 11.3 Å². The minimum absolute atomic E-state index is 0.0460. The highest BCUT2D eigenvalue weighted by Crippen LogP contribution is 2.45. The van der Waals surface area contributed by atoms with Crippen LogP contribution in [0.15, 0.2) is 209 Å². The molecule has 0 fully saturated rings. The van der Waals surface area contributed by atoms with Crippen LogP contribution in [-0.2, 0) is 0 Å². The molecule has 13 aromatic rings. The lowest BCUT2D eigenvalue weighted by Gasteiger charge is -2.30. The summed E-state index contributed by atoms with van der Waals surface area (Å²) in [5.41, 5.74) is 9.32. The highest BCUT2D eigenvalue weighted by Gasteiger charge is 2.33. The van der Waals surface area contributed by atoms with Gasteiger partial charge in [-0.1, -0.05) is 153 Å². The van der Waals surface area contributed by atoms with E-state index in [1.54, 1.807) is 0 Å². The van der Waals surface area contributed by atoms with Gasteiger partial charge in [0, 0.05) is 53.4 Å². The van der Waals surface area contributed by atoms with Crippen LogP contribution in [0, 0.1) is 5.92 Å². The number of rotatable bonds is 5. The second-order valence-electron chi connectivity index (χ2n) is 17.5. The third-order valence-corrected chi connectivity index (χ3v) is 15.1. The average molecular weight is 850 g/mol. The van der Waals surface area contributed by atoms with E-state index in [4.69, 9.17) is 14.4 Å². The van der Waals surface area contributed by atoms with Gasteiger partial charge in [0.25, 0.3) is 0 Å². The van der Waals surface area contributed by atoms with Crippen LogP contribution in [-0.4, -0.2) is 16.1 Å². The predicted octanol–water partition coefficient (Wildman–Crippen LogP) is 16.5. The zero-order chi connectivity index (χ0) is 42.8. The molecule has 4 heterocycles. The summed E-state index contributed by atoms with van der Waals surface area (Å²) in [4.78, 5) is 11.5. The van der Waals surface area contributed by atoms with Crippen LogP contribution in [0.4, 0.5) is 0 Å². The molecule has 0 bridgehead atoms.